The molecule has 0 radical (unpaired) electrons. The van der Waals surface area contributed by atoms with E-state index in [0.29, 0.717) is 18.3 Å². The molecule has 5 heteroatoms. The van der Waals surface area contributed by atoms with Gasteiger partial charge in [0.15, 0.2) is 5.82 Å². The Balaban J connectivity index is 2.84. The number of aromatic nitrogens is 2. The van der Waals surface area contributed by atoms with E-state index in [-0.39, 0.29) is 6.10 Å². The van der Waals surface area contributed by atoms with Gasteiger partial charge in [-0.05, 0) is 20.3 Å². The van der Waals surface area contributed by atoms with Gasteiger partial charge in [0, 0.05) is 19.7 Å². The Morgan fingerprint density at radius 2 is 2.12 bits per heavy atom. The average Bonchev–Trinajstić information content (AvgIpc) is 2.25. The molecule has 1 aromatic rings. The zero-order valence-electron chi connectivity index (χ0n) is 11.0. The smallest absolute Gasteiger partial charge is 0.219 e. The maximum absolute atomic E-state index is 5.58. The van der Waals surface area contributed by atoms with Gasteiger partial charge in [-0.1, -0.05) is 6.92 Å². The molecular weight excluding hydrogens is 218 g/mol. The Morgan fingerprint density at radius 3 is 2.71 bits per heavy atom. The molecule has 1 N–H and O–H groups in total. The molecule has 0 aliphatic heterocycles. The molecule has 0 aliphatic carbocycles. The van der Waals surface area contributed by atoms with E-state index in [0.717, 1.165) is 18.8 Å². The molecule has 0 atom stereocenters. The molecule has 0 unspecified atom stereocenters. The second-order valence-electron chi connectivity index (χ2n) is 4.03. The maximum Gasteiger partial charge on any atom is 0.219 e. The van der Waals surface area contributed by atoms with Gasteiger partial charge < -0.3 is 14.8 Å². The lowest BCUT2D eigenvalue weighted by molar-refractivity contribution is 0.174. The third kappa shape index (κ3) is 4.99. The summed E-state index contributed by atoms with van der Waals surface area (Å²) in [5.74, 6) is 1.99. The minimum absolute atomic E-state index is 0.0966. The molecule has 0 amide bonds. The van der Waals surface area contributed by atoms with Crippen LogP contribution in [0.15, 0.2) is 6.07 Å². The highest BCUT2D eigenvalue weighted by atomic mass is 16.5. The highest BCUT2D eigenvalue weighted by Crippen LogP contribution is 2.15. The van der Waals surface area contributed by atoms with E-state index in [4.69, 9.17) is 9.47 Å². The second kappa shape index (κ2) is 7.06. The molecule has 96 valence electrons. The first-order valence-corrected chi connectivity index (χ1v) is 5.93. The first kappa shape index (κ1) is 13.7. The summed E-state index contributed by atoms with van der Waals surface area (Å²) in [4.78, 5) is 8.61. The molecule has 0 aliphatic rings. The van der Waals surface area contributed by atoms with Crippen LogP contribution in [-0.4, -0.2) is 29.7 Å². The Labute approximate surface area is 103 Å². The largest absolute Gasteiger partial charge is 0.475 e. The van der Waals surface area contributed by atoms with Crippen molar-refractivity contribution in [2.45, 2.75) is 39.9 Å². The van der Waals surface area contributed by atoms with Crippen molar-refractivity contribution in [2.75, 3.05) is 19.0 Å². The average molecular weight is 239 g/mol. The fraction of sp³-hybridized carbons (Fsp3) is 0.667. The molecule has 0 fully saturated rings. The van der Waals surface area contributed by atoms with E-state index in [1.54, 1.807) is 7.11 Å². The minimum Gasteiger partial charge on any atom is -0.475 e. The molecular formula is C12H21N3O2. The van der Waals surface area contributed by atoms with Crippen molar-refractivity contribution in [1.82, 2.24) is 9.97 Å². The summed E-state index contributed by atoms with van der Waals surface area (Å²) in [5.41, 5.74) is 0. The standard InChI is InChI=1S/C12H21N3O2/c1-5-6-13-10-7-12(17-9(2)3)15-11(14-10)8-16-4/h7,9H,5-6,8H2,1-4H3,(H,13,14,15). The molecule has 5 nitrogen and oxygen atoms in total. The van der Waals surface area contributed by atoms with Crippen molar-refractivity contribution in [3.63, 3.8) is 0 Å². The molecule has 0 aromatic carbocycles. The number of nitrogens with one attached hydrogen (secondary N) is 1. The molecule has 0 saturated carbocycles. The number of methoxy groups -OCH3 is 1. The van der Waals surface area contributed by atoms with Crippen LogP contribution in [0.1, 0.15) is 33.0 Å². The normalized spacial score (nSPS) is 10.6. The van der Waals surface area contributed by atoms with Crippen molar-refractivity contribution in [3.8, 4) is 5.88 Å². The molecule has 1 heterocycles. The van der Waals surface area contributed by atoms with Crippen LogP contribution in [0.3, 0.4) is 0 Å². The van der Waals surface area contributed by atoms with E-state index in [1.165, 1.54) is 0 Å². The van der Waals surface area contributed by atoms with Crippen LogP contribution in [-0.2, 0) is 11.3 Å². The number of nitrogens with zero attached hydrogens (tertiary/aromatic N) is 2. The van der Waals surface area contributed by atoms with Crippen LogP contribution < -0.4 is 10.1 Å². The molecule has 17 heavy (non-hydrogen) atoms. The zero-order valence-corrected chi connectivity index (χ0v) is 11.0. The van der Waals surface area contributed by atoms with Gasteiger partial charge in [-0.25, -0.2) is 4.98 Å². The topological polar surface area (TPSA) is 56.3 Å². The monoisotopic (exact) mass is 239 g/mol. The van der Waals surface area contributed by atoms with Crippen molar-refractivity contribution in [3.05, 3.63) is 11.9 Å². The van der Waals surface area contributed by atoms with Crippen molar-refractivity contribution in [2.24, 2.45) is 0 Å². The Hall–Kier alpha value is -1.36. The summed E-state index contributed by atoms with van der Waals surface area (Å²) in [6.07, 6.45) is 1.14. The van der Waals surface area contributed by atoms with E-state index >= 15 is 0 Å². The van der Waals surface area contributed by atoms with Gasteiger partial charge in [0.25, 0.3) is 0 Å². The predicted octanol–water partition coefficient (Wildman–Crippen LogP) is 2.23. The molecule has 0 spiro atoms. The van der Waals surface area contributed by atoms with Crippen LogP contribution in [0.25, 0.3) is 0 Å². The van der Waals surface area contributed by atoms with Crippen LogP contribution >= 0.6 is 0 Å². The fourth-order valence-corrected chi connectivity index (χ4v) is 1.31. The third-order valence-electron chi connectivity index (χ3n) is 1.93. The molecule has 0 bridgehead atoms. The number of ether oxygens (including phenoxy) is 2. The summed E-state index contributed by atoms with van der Waals surface area (Å²) in [5, 5.41) is 3.22. The first-order valence-electron chi connectivity index (χ1n) is 5.93. The van der Waals surface area contributed by atoms with Gasteiger partial charge in [0.1, 0.15) is 12.4 Å². The molecule has 1 aromatic heterocycles. The van der Waals surface area contributed by atoms with E-state index < -0.39 is 0 Å². The lowest BCUT2D eigenvalue weighted by atomic mass is 10.4. The minimum atomic E-state index is 0.0966. The molecule has 0 saturated heterocycles. The van der Waals surface area contributed by atoms with Gasteiger partial charge in [0.05, 0.1) is 6.10 Å². The van der Waals surface area contributed by atoms with Gasteiger partial charge in [0.2, 0.25) is 5.88 Å². The highest BCUT2D eigenvalue weighted by Gasteiger charge is 2.06. The van der Waals surface area contributed by atoms with E-state index in [2.05, 4.69) is 22.2 Å². The van der Waals surface area contributed by atoms with Crippen LogP contribution in [0.4, 0.5) is 5.82 Å². The maximum atomic E-state index is 5.58. The SMILES string of the molecule is CCCNc1cc(OC(C)C)nc(COC)n1. The van der Waals surface area contributed by atoms with Gasteiger partial charge >= 0.3 is 0 Å². The van der Waals surface area contributed by atoms with Crippen LogP contribution in [0.5, 0.6) is 5.88 Å². The van der Waals surface area contributed by atoms with Crippen molar-refractivity contribution in [1.29, 1.82) is 0 Å². The summed E-state index contributed by atoms with van der Waals surface area (Å²) in [6.45, 7) is 7.31. The van der Waals surface area contributed by atoms with Crippen LogP contribution in [0, 0.1) is 0 Å². The zero-order chi connectivity index (χ0) is 12.7. The summed E-state index contributed by atoms with van der Waals surface area (Å²) in [7, 11) is 1.62. The second-order valence-corrected chi connectivity index (χ2v) is 4.03. The lowest BCUT2D eigenvalue weighted by Crippen LogP contribution is -2.11. The van der Waals surface area contributed by atoms with Crippen molar-refractivity contribution < 1.29 is 9.47 Å². The lowest BCUT2D eigenvalue weighted by Gasteiger charge is -2.12. The Kier molecular flexibility index (Phi) is 5.69. The number of anilines is 1. The van der Waals surface area contributed by atoms with E-state index in [9.17, 15) is 0 Å². The Bertz CT molecular complexity index is 343. The summed E-state index contributed by atoms with van der Waals surface area (Å²) >= 11 is 0. The van der Waals surface area contributed by atoms with Crippen LogP contribution in [0.2, 0.25) is 0 Å². The summed E-state index contributed by atoms with van der Waals surface area (Å²) in [6, 6.07) is 1.81. The van der Waals surface area contributed by atoms with E-state index in [1.807, 2.05) is 19.9 Å². The third-order valence-corrected chi connectivity index (χ3v) is 1.93. The molecule has 1 rings (SSSR count). The van der Waals surface area contributed by atoms with Gasteiger partial charge in [-0.2, -0.15) is 4.98 Å². The number of hydrogen-bond acceptors (Lipinski definition) is 5. The quantitative estimate of drug-likeness (QED) is 0.790. The van der Waals surface area contributed by atoms with Gasteiger partial charge in [-0.3, -0.25) is 0 Å². The predicted molar refractivity (Wildman–Crippen MR) is 67.3 cm³/mol. The van der Waals surface area contributed by atoms with Gasteiger partial charge in [-0.15, -0.1) is 0 Å². The first-order chi connectivity index (χ1) is 8.15. The summed E-state index contributed by atoms with van der Waals surface area (Å²) < 4.78 is 10.6. The number of rotatable bonds is 7. The number of hydrogen-bond donors (Lipinski definition) is 1. The fourth-order valence-electron chi connectivity index (χ4n) is 1.31. The Morgan fingerprint density at radius 1 is 1.35 bits per heavy atom. The van der Waals surface area contributed by atoms with Crippen molar-refractivity contribution >= 4 is 5.82 Å². The highest BCUT2D eigenvalue weighted by molar-refractivity contribution is 5.38.